The van der Waals surface area contributed by atoms with Gasteiger partial charge in [0.05, 0.1) is 34.7 Å². The summed E-state index contributed by atoms with van der Waals surface area (Å²) >= 11 is 0. The summed E-state index contributed by atoms with van der Waals surface area (Å²) < 4.78 is 15.1. The van der Waals surface area contributed by atoms with Crippen molar-refractivity contribution in [3.8, 4) is 0 Å². The maximum atomic E-state index is 15.1. The first-order valence-corrected chi connectivity index (χ1v) is 13.6. The van der Waals surface area contributed by atoms with E-state index in [4.69, 9.17) is 4.84 Å². The van der Waals surface area contributed by atoms with Gasteiger partial charge in [-0.3, -0.25) is 19.3 Å². The van der Waals surface area contributed by atoms with Crippen molar-refractivity contribution >= 4 is 40.4 Å². The SMILES string of the molecule is Cc1cc2c(cc1C(=O)O)NC(=O)/C2=C(/Nc1ccc(C(=O)NOCCN2CCN(C)CC2)c(F)c1)c1ccccc1. The molecule has 11 heteroatoms. The minimum atomic E-state index is -1.09. The van der Waals surface area contributed by atoms with Crippen LogP contribution in [0.4, 0.5) is 15.8 Å². The molecule has 0 aliphatic carbocycles. The molecule has 0 saturated carbocycles. The van der Waals surface area contributed by atoms with Crippen LogP contribution in [0.1, 0.15) is 37.4 Å². The molecule has 0 spiro atoms. The average molecular weight is 574 g/mol. The second kappa shape index (κ2) is 12.5. The Morgan fingerprint density at radius 3 is 2.45 bits per heavy atom. The van der Waals surface area contributed by atoms with Crippen molar-refractivity contribution in [1.29, 1.82) is 0 Å². The number of anilines is 2. The normalized spacial score (nSPS) is 16.5. The van der Waals surface area contributed by atoms with E-state index in [1.807, 2.05) is 18.2 Å². The van der Waals surface area contributed by atoms with Crippen molar-refractivity contribution in [1.82, 2.24) is 15.3 Å². The molecule has 5 rings (SSSR count). The Balaban J connectivity index is 1.35. The fourth-order valence-electron chi connectivity index (χ4n) is 5.03. The van der Waals surface area contributed by atoms with E-state index in [0.717, 1.165) is 26.2 Å². The second-order valence-electron chi connectivity index (χ2n) is 10.3. The smallest absolute Gasteiger partial charge is 0.336 e. The summed E-state index contributed by atoms with van der Waals surface area (Å²) in [6, 6.07) is 16.2. The monoisotopic (exact) mass is 573 g/mol. The summed E-state index contributed by atoms with van der Waals surface area (Å²) in [6.07, 6.45) is 0. The molecular weight excluding hydrogens is 541 g/mol. The van der Waals surface area contributed by atoms with Crippen molar-refractivity contribution < 1.29 is 28.7 Å². The van der Waals surface area contributed by atoms with Gasteiger partial charge in [0.2, 0.25) is 0 Å². The van der Waals surface area contributed by atoms with Crippen LogP contribution >= 0.6 is 0 Å². The zero-order chi connectivity index (χ0) is 29.8. The minimum absolute atomic E-state index is 0.0868. The highest BCUT2D eigenvalue weighted by Crippen LogP contribution is 2.39. The molecule has 0 aromatic heterocycles. The number of nitrogens with zero attached hydrogens (tertiary/aromatic N) is 2. The first-order valence-electron chi connectivity index (χ1n) is 13.6. The highest BCUT2D eigenvalue weighted by atomic mass is 19.1. The summed E-state index contributed by atoms with van der Waals surface area (Å²) in [6.45, 7) is 6.40. The summed E-state index contributed by atoms with van der Waals surface area (Å²) in [4.78, 5) is 47.2. The van der Waals surface area contributed by atoms with Crippen LogP contribution < -0.4 is 16.1 Å². The molecule has 42 heavy (non-hydrogen) atoms. The number of carboxylic acids is 1. The number of rotatable bonds is 9. The number of halogens is 1. The molecule has 2 amide bonds. The first-order chi connectivity index (χ1) is 20.2. The third-order valence-corrected chi connectivity index (χ3v) is 7.41. The molecule has 2 aliphatic heterocycles. The fourth-order valence-corrected chi connectivity index (χ4v) is 5.03. The van der Waals surface area contributed by atoms with E-state index in [2.05, 4.69) is 33.0 Å². The topological polar surface area (TPSA) is 123 Å². The van der Waals surface area contributed by atoms with E-state index in [1.165, 1.54) is 24.3 Å². The van der Waals surface area contributed by atoms with E-state index in [1.54, 1.807) is 25.1 Å². The molecule has 0 bridgehead atoms. The number of likely N-dealkylation sites (N-methyl/N-ethyl adjacent to an activating group) is 1. The first kappa shape index (κ1) is 28.9. The van der Waals surface area contributed by atoms with Gasteiger partial charge in [-0.1, -0.05) is 30.3 Å². The van der Waals surface area contributed by atoms with Crippen molar-refractivity contribution in [2.24, 2.45) is 0 Å². The van der Waals surface area contributed by atoms with Crippen LogP contribution in [0.25, 0.3) is 11.3 Å². The molecular formula is C31H32FN5O5. The summed E-state index contributed by atoms with van der Waals surface area (Å²) in [7, 11) is 2.08. The lowest BCUT2D eigenvalue weighted by atomic mass is 9.96. The van der Waals surface area contributed by atoms with Crippen LogP contribution in [0.2, 0.25) is 0 Å². The van der Waals surface area contributed by atoms with Crippen LogP contribution in [0.5, 0.6) is 0 Å². The predicted molar refractivity (Wildman–Crippen MR) is 157 cm³/mol. The number of amides is 2. The van der Waals surface area contributed by atoms with Crippen LogP contribution in [0.15, 0.2) is 60.7 Å². The largest absolute Gasteiger partial charge is 0.478 e. The third kappa shape index (κ3) is 6.33. The van der Waals surface area contributed by atoms with Gasteiger partial charge in [-0.05, 0) is 55.4 Å². The van der Waals surface area contributed by atoms with Crippen molar-refractivity contribution in [2.75, 3.05) is 57.0 Å². The van der Waals surface area contributed by atoms with Crippen LogP contribution in [0, 0.1) is 12.7 Å². The van der Waals surface area contributed by atoms with E-state index in [9.17, 15) is 19.5 Å². The molecule has 1 fully saturated rings. The zero-order valence-corrected chi connectivity index (χ0v) is 23.4. The number of benzene rings is 3. The average Bonchev–Trinajstić information content (AvgIpc) is 3.29. The maximum absolute atomic E-state index is 15.1. The number of carbonyl (C=O) groups excluding carboxylic acids is 2. The quantitative estimate of drug-likeness (QED) is 0.174. The number of aromatic carboxylic acids is 1. The maximum Gasteiger partial charge on any atom is 0.336 e. The van der Waals surface area contributed by atoms with Crippen molar-refractivity contribution in [3.63, 3.8) is 0 Å². The summed E-state index contributed by atoms with van der Waals surface area (Å²) in [5, 5.41) is 15.4. The highest BCUT2D eigenvalue weighted by molar-refractivity contribution is 6.37. The van der Waals surface area contributed by atoms with Gasteiger partial charge in [-0.25, -0.2) is 14.7 Å². The van der Waals surface area contributed by atoms with E-state index in [0.29, 0.717) is 40.3 Å². The molecule has 0 radical (unpaired) electrons. The van der Waals surface area contributed by atoms with Gasteiger partial charge < -0.3 is 20.6 Å². The summed E-state index contributed by atoms with van der Waals surface area (Å²) in [5.41, 5.74) is 5.27. The Labute approximate surface area is 242 Å². The van der Waals surface area contributed by atoms with Crippen LogP contribution in [-0.4, -0.2) is 79.1 Å². The van der Waals surface area contributed by atoms with Crippen LogP contribution in [-0.2, 0) is 9.63 Å². The molecule has 0 unspecified atom stereocenters. The Morgan fingerprint density at radius 2 is 1.76 bits per heavy atom. The lowest BCUT2D eigenvalue weighted by Gasteiger charge is -2.32. The lowest BCUT2D eigenvalue weighted by Crippen LogP contribution is -2.45. The number of nitrogens with one attached hydrogen (secondary N) is 3. The summed E-state index contributed by atoms with van der Waals surface area (Å²) in [5.74, 6) is -2.99. The van der Waals surface area contributed by atoms with Gasteiger partial charge in [-0.2, -0.15) is 0 Å². The number of fused-ring (bicyclic) bond motifs is 1. The number of carbonyl (C=O) groups is 3. The molecule has 0 atom stereocenters. The molecule has 3 aromatic carbocycles. The molecule has 4 N–H and O–H groups in total. The number of carboxylic acid groups (broad SMARTS) is 1. The molecule has 10 nitrogen and oxygen atoms in total. The van der Waals surface area contributed by atoms with Gasteiger partial charge in [0.15, 0.2) is 0 Å². The van der Waals surface area contributed by atoms with Crippen LogP contribution in [0.3, 0.4) is 0 Å². The lowest BCUT2D eigenvalue weighted by molar-refractivity contribution is -0.110. The number of hydrogen-bond donors (Lipinski definition) is 4. The highest BCUT2D eigenvalue weighted by Gasteiger charge is 2.30. The number of hydroxylamine groups is 1. The number of piperazine rings is 1. The second-order valence-corrected chi connectivity index (χ2v) is 10.3. The molecule has 2 heterocycles. The molecule has 1 saturated heterocycles. The van der Waals surface area contributed by atoms with Gasteiger partial charge in [0.25, 0.3) is 11.8 Å². The molecule has 3 aromatic rings. The minimum Gasteiger partial charge on any atom is -0.478 e. The predicted octanol–water partition coefficient (Wildman–Crippen LogP) is 3.67. The zero-order valence-electron chi connectivity index (χ0n) is 23.4. The van der Waals surface area contributed by atoms with Crippen molar-refractivity contribution in [2.45, 2.75) is 6.92 Å². The van der Waals surface area contributed by atoms with Gasteiger partial charge in [-0.15, -0.1) is 0 Å². The van der Waals surface area contributed by atoms with Gasteiger partial charge >= 0.3 is 5.97 Å². The third-order valence-electron chi connectivity index (χ3n) is 7.41. The van der Waals surface area contributed by atoms with Gasteiger partial charge in [0, 0.05) is 44.0 Å². The number of hydrogen-bond acceptors (Lipinski definition) is 7. The van der Waals surface area contributed by atoms with E-state index in [-0.39, 0.29) is 23.3 Å². The Morgan fingerprint density at radius 1 is 1.02 bits per heavy atom. The Bertz CT molecular complexity index is 1550. The van der Waals surface area contributed by atoms with E-state index >= 15 is 4.39 Å². The van der Waals surface area contributed by atoms with Gasteiger partial charge in [0.1, 0.15) is 5.82 Å². The van der Waals surface area contributed by atoms with Crippen molar-refractivity contribution in [3.05, 3.63) is 94.3 Å². The van der Waals surface area contributed by atoms with E-state index < -0.39 is 23.6 Å². The number of aryl methyl sites for hydroxylation is 1. The molecule has 2 aliphatic rings. The molecule has 218 valence electrons. The fraction of sp³-hybridized carbons (Fsp3) is 0.258. The Kier molecular flexibility index (Phi) is 8.62. The standard InChI is InChI=1S/C31H32FN5O5/c1-19-16-24-26(18-23(19)31(40)41)34-30(39)27(24)28(20-6-4-3-5-7-20)33-21-8-9-22(25(32)17-21)29(38)35-42-15-14-37-12-10-36(2)11-13-37/h3-9,16-18,33H,10-15H2,1-2H3,(H,34,39)(H,35,38)(H,40,41)/b28-27+. The Hall–Kier alpha value is -4.58.